The van der Waals surface area contributed by atoms with Gasteiger partial charge < -0.3 is 10.8 Å². The molecular formula is C8H7BrN2O2. The normalized spacial score (nSPS) is 10.5. The quantitative estimate of drug-likeness (QED) is 0.772. The molecule has 5 heteroatoms. The highest BCUT2D eigenvalue weighted by Crippen LogP contribution is 2.16. The van der Waals surface area contributed by atoms with Crippen molar-refractivity contribution >= 4 is 33.8 Å². The first-order valence-electron chi connectivity index (χ1n) is 3.41. The van der Waals surface area contributed by atoms with Crippen LogP contribution in [-0.2, 0) is 4.79 Å². The van der Waals surface area contributed by atoms with E-state index in [1.165, 1.54) is 6.08 Å². The molecule has 0 radical (unpaired) electrons. The number of halogens is 1. The minimum atomic E-state index is -1.01. The van der Waals surface area contributed by atoms with Gasteiger partial charge in [0.05, 0.1) is 0 Å². The molecule has 1 heterocycles. The monoisotopic (exact) mass is 242 g/mol. The molecule has 0 bridgehead atoms. The van der Waals surface area contributed by atoms with Crippen LogP contribution in [-0.4, -0.2) is 16.1 Å². The largest absolute Gasteiger partial charge is 0.478 e. The van der Waals surface area contributed by atoms with Crippen LogP contribution in [0.4, 0.5) is 5.82 Å². The standard InChI is InChI=1S/C8H7BrN2O2/c9-6-3-5(1-2-7(12)13)8(10)11-4-6/h1-4H,(H2,10,11)(H,12,13)/b2-1+. The smallest absolute Gasteiger partial charge is 0.328 e. The summed E-state index contributed by atoms with van der Waals surface area (Å²) in [5, 5.41) is 8.38. The summed E-state index contributed by atoms with van der Waals surface area (Å²) in [5.74, 6) is -0.708. The average molecular weight is 243 g/mol. The summed E-state index contributed by atoms with van der Waals surface area (Å²) in [7, 11) is 0. The molecule has 0 amide bonds. The Morgan fingerprint density at radius 2 is 2.38 bits per heavy atom. The van der Waals surface area contributed by atoms with Crippen molar-refractivity contribution in [2.75, 3.05) is 5.73 Å². The number of aliphatic carboxylic acids is 1. The van der Waals surface area contributed by atoms with E-state index in [1.54, 1.807) is 12.3 Å². The van der Waals surface area contributed by atoms with E-state index in [1.807, 2.05) is 0 Å². The fourth-order valence-corrected chi connectivity index (χ4v) is 1.11. The van der Waals surface area contributed by atoms with Gasteiger partial charge in [-0.2, -0.15) is 0 Å². The third kappa shape index (κ3) is 2.87. The Bertz CT molecular complexity index is 363. The van der Waals surface area contributed by atoms with Crippen LogP contribution in [0.15, 0.2) is 22.8 Å². The van der Waals surface area contributed by atoms with E-state index in [0.29, 0.717) is 11.4 Å². The highest BCUT2D eigenvalue weighted by atomic mass is 79.9. The Labute approximate surface area is 83.2 Å². The van der Waals surface area contributed by atoms with Crippen molar-refractivity contribution in [2.45, 2.75) is 0 Å². The molecule has 0 saturated carbocycles. The molecule has 1 rings (SSSR count). The molecular weight excluding hydrogens is 236 g/mol. The van der Waals surface area contributed by atoms with E-state index in [9.17, 15) is 4.79 Å². The summed E-state index contributed by atoms with van der Waals surface area (Å²) in [6, 6.07) is 1.70. The van der Waals surface area contributed by atoms with Crippen molar-refractivity contribution in [2.24, 2.45) is 0 Å². The van der Waals surface area contributed by atoms with Crippen LogP contribution >= 0.6 is 15.9 Å². The number of nitrogens with two attached hydrogens (primary N) is 1. The molecule has 0 saturated heterocycles. The average Bonchev–Trinajstić information content (AvgIpc) is 2.06. The van der Waals surface area contributed by atoms with Crippen LogP contribution in [0.5, 0.6) is 0 Å². The number of pyridine rings is 1. The second-order valence-electron chi connectivity index (χ2n) is 2.30. The maximum atomic E-state index is 10.2. The second kappa shape index (κ2) is 4.04. The molecule has 4 nitrogen and oxygen atoms in total. The van der Waals surface area contributed by atoms with Gasteiger partial charge in [-0.3, -0.25) is 0 Å². The summed E-state index contributed by atoms with van der Waals surface area (Å²) < 4.78 is 0.756. The lowest BCUT2D eigenvalue weighted by atomic mass is 10.2. The van der Waals surface area contributed by atoms with Crippen molar-refractivity contribution in [1.29, 1.82) is 0 Å². The number of nitrogens with zero attached hydrogens (tertiary/aromatic N) is 1. The molecule has 0 aromatic carbocycles. The SMILES string of the molecule is Nc1ncc(Br)cc1/C=C/C(=O)O. The first kappa shape index (κ1) is 9.73. The van der Waals surface area contributed by atoms with E-state index < -0.39 is 5.97 Å². The predicted octanol–water partition coefficient (Wildman–Crippen LogP) is 1.52. The van der Waals surface area contributed by atoms with E-state index in [0.717, 1.165) is 10.5 Å². The second-order valence-corrected chi connectivity index (χ2v) is 3.22. The zero-order chi connectivity index (χ0) is 9.84. The van der Waals surface area contributed by atoms with Gasteiger partial charge >= 0.3 is 5.97 Å². The molecule has 0 aliphatic heterocycles. The summed E-state index contributed by atoms with van der Waals surface area (Å²) in [4.78, 5) is 14.1. The molecule has 0 unspecified atom stereocenters. The molecule has 0 spiro atoms. The van der Waals surface area contributed by atoms with Crippen molar-refractivity contribution < 1.29 is 9.90 Å². The molecule has 1 aromatic heterocycles. The molecule has 1 aromatic rings. The van der Waals surface area contributed by atoms with Gasteiger partial charge in [0.25, 0.3) is 0 Å². The highest BCUT2D eigenvalue weighted by molar-refractivity contribution is 9.10. The predicted molar refractivity (Wildman–Crippen MR) is 53.0 cm³/mol. The van der Waals surface area contributed by atoms with Crippen molar-refractivity contribution in [1.82, 2.24) is 4.98 Å². The third-order valence-corrected chi connectivity index (χ3v) is 1.76. The summed E-state index contributed by atoms with van der Waals surface area (Å²) in [6.07, 6.45) is 3.96. The summed E-state index contributed by atoms with van der Waals surface area (Å²) >= 11 is 3.20. The van der Waals surface area contributed by atoms with Gasteiger partial charge in [-0.15, -0.1) is 0 Å². The lowest BCUT2D eigenvalue weighted by molar-refractivity contribution is -0.131. The summed E-state index contributed by atoms with van der Waals surface area (Å²) in [5.41, 5.74) is 6.08. The van der Waals surface area contributed by atoms with Gasteiger partial charge in [-0.05, 0) is 28.1 Å². The van der Waals surface area contributed by atoms with Crippen LogP contribution in [0.3, 0.4) is 0 Å². The minimum Gasteiger partial charge on any atom is -0.478 e. The molecule has 3 N–H and O–H groups in total. The van der Waals surface area contributed by atoms with Gasteiger partial charge in [-0.25, -0.2) is 9.78 Å². The van der Waals surface area contributed by atoms with Crippen LogP contribution in [0.25, 0.3) is 6.08 Å². The first-order chi connectivity index (χ1) is 6.09. The van der Waals surface area contributed by atoms with Gasteiger partial charge in [-0.1, -0.05) is 0 Å². The zero-order valence-corrected chi connectivity index (χ0v) is 8.15. The fraction of sp³-hybridized carbons (Fsp3) is 0. The number of hydrogen-bond acceptors (Lipinski definition) is 3. The van der Waals surface area contributed by atoms with Crippen LogP contribution in [0.2, 0.25) is 0 Å². The van der Waals surface area contributed by atoms with Crippen LogP contribution in [0, 0.1) is 0 Å². The zero-order valence-electron chi connectivity index (χ0n) is 6.57. The maximum absolute atomic E-state index is 10.2. The lowest BCUT2D eigenvalue weighted by Gasteiger charge is -1.98. The first-order valence-corrected chi connectivity index (χ1v) is 4.21. The minimum absolute atomic E-state index is 0.306. The van der Waals surface area contributed by atoms with E-state index >= 15 is 0 Å². The highest BCUT2D eigenvalue weighted by Gasteiger charge is 1.97. The Balaban J connectivity index is 3.00. The Hall–Kier alpha value is -1.36. The van der Waals surface area contributed by atoms with Crippen molar-refractivity contribution in [3.8, 4) is 0 Å². The number of carboxylic acid groups (broad SMARTS) is 1. The maximum Gasteiger partial charge on any atom is 0.328 e. The van der Waals surface area contributed by atoms with Crippen molar-refractivity contribution in [3.63, 3.8) is 0 Å². The Morgan fingerprint density at radius 1 is 1.69 bits per heavy atom. The molecule has 0 aliphatic rings. The van der Waals surface area contributed by atoms with Gasteiger partial charge in [0.1, 0.15) is 5.82 Å². The Kier molecular flexibility index (Phi) is 3.02. The number of hydrogen-bond donors (Lipinski definition) is 2. The summed E-state index contributed by atoms with van der Waals surface area (Å²) in [6.45, 7) is 0. The van der Waals surface area contributed by atoms with E-state index in [4.69, 9.17) is 10.8 Å². The molecule has 0 atom stereocenters. The van der Waals surface area contributed by atoms with Gasteiger partial charge in [0.2, 0.25) is 0 Å². The number of anilines is 1. The number of aromatic nitrogens is 1. The molecule has 13 heavy (non-hydrogen) atoms. The van der Waals surface area contributed by atoms with E-state index in [-0.39, 0.29) is 0 Å². The number of carboxylic acids is 1. The lowest BCUT2D eigenvalue weighted by Crippen LogP contribution is -1.94. The van der Waals surface area contributed by atoms with Crippen LogP contribution in [0.1, 0.15) is 5.56 Å². The number of nitrogen functional groups attached to an aromatic ring is 1. The molecule has 0 aliphatic carbocycles. The van der Waals surface area contributed by atoms with Crippen molar-refractivity contribution in [3.05, 3.63) is 28.4 Å². The molecule has 68 valence electrons. The topological polar surface area (TPSA) is 76.2 Å². The molecule has 0 fully saturated rings. The Morgan fingerprint density at radius 3 is 3.00 bits per heavy atom. The van der Waals surface area contributed by atoms with E-state index in [2.05, 4.69) is 20.9 Å². The van der Waals surface area contributed by atoms with Gasteiger partial charge in [0, 0.05) is 22.3 Å². The number of carbonyl (C=O) groups is 1. The van der Waals surface area contributed by atoms with Gasteiger partial charge in [0.15, 0.2) is 0 Å². The fourth-order valence-electron chi connectivity index (χ4n) is 0.760. The van der Waals surface area contributed by atoms with Crippen LogP contribution < -0.4 is 5.73 Å². The third-order valence-electron chi connectivity index (χ3n) is 1.32. The number of rotatable bonds is 2.